The van der Waals surface area contributed by atoms with Gasteiger partial charge in [0.05, 0.1) is 0 Å². The SMILES string of the molecule is Cc1ccnc(N(CCC(C)C)C2CCCC2)c1C(=O)O. The van der Waals surface area contributed by atoms with Crippen molar-refractivity contribution in [3.8, 4) is 0 Å². The first-order valence-corrected chi connectivity index (χ1v) is 7.96. The molecule has 4 heteroatoms. The lowest BCUT2D eigenvalue weighted by atomic mass is 10.1. The molecule has 0 aromatic carbocycles. The Morgan fingerprint density at radius 3 is 2.67 bits per heavy atom. The van der Waals surface area contributed by atoms with E-state index in [1.807, 2.05) is 6.92 Å². The van der Waals surface area contributed by atoms with Gasteiger partial charge in [0.1, 0.15) is 11.4 Å². The van der Waals surface area contributed by atoms with Gasteiger partial charge < -0.3 is 10.0 Å². The number of aromatic nitrogens is 1. The van der Waals surface area contributed by atoms with Gasteiger partial charge in [-0.2, -0.15) is 0 Å². The number of carbonyl (C=O) groups is 1. The van der Waals surface area contributed by atoms with Gasteiger partial charge in [-0.05, 0) is 43.7 Å². The quantitative estimate of drug-likeness (QED) is 0.863. The van der Waals surface area contributed by atoms with Gasteiger partial charge in [-0.15, -0.1) is 0 Å². The van der Waals surface area contributed by atoms with E-state index in [0.29, 0.717) is 23.3 Å². The fourth-order valence-corrected chi connectivity index (χ4v) is 3.10. The predicted octanol–water partition coefficient (Wildman–Crippen LogP) is 3.88. The summed E-state index contributed by atoms with van der Waals surface area (Å²) in [6.45, 7) is 7.15. The van der Waals surface area contributed by atoms with Crippen LogP contribution in [0.3, 0.4) is 0 Å². The molecular weight excluding hydrogens is 264 g/mol. The minimum atomic E-state index is -0.872. The smallest absolute Gasteiger partial charge is 0.339 e. The van der Waals surface area contributed by atoms with Crippen molar-refractivity contribution in [2.45, 2.75) is 58.9 Å². The van der Waals surface area contributed by atoms with Crippen LogP contribution in [-0.2, 0) is 0 Å². The van der Waals surface area contributed by atoms with Crippen LogP contribution in [0.4, 0.5) is 5.82 Å². The van der Waals surface area contributed by atoms with Crippen molar-refractivity contribution in [3.05, 3.63) is 23.4 Å². The monoisotopic (exact) mass is 290 g/mol. The summed E-state index contributed by atoms with van der Waals surface area (Å²) in [6.07, 6.45) is 7.55. The molecule has 1 heterocycles. The Hall–Kier alpha value is -1.58. The van der Waals surface area contributed by atoms with Crippen LogP contribution >= 0.6 is 0 Å². The second-order valence-corrected chi connectivity index (χ2v) is 6.45. The number of nitrogens with zero attached hydrogens (tertiary/aromatic N) is 2. The number of hydrogen-bond acceptors (Lipinski definition) is 3. The lowest BCUT2D eigenvalue weighted by molar-refractivity contribution is 0.0696. The highest BCUT2D eigenvalue weighted by molar-refractivity contribution is 5.95. The molecule has 1 aliphatic rings. The average Bonchev–Trinajstić information content (AvgIpc) is 2.92. The summed E-state index contributed by atoms with van der Waals surface area (Å²) in [5.41, 5.74) is 1.16. The Balaban J connectivity index is 2.35. The minimum Gasteiger partial charge on any atom is -0.478 e. The second kappa shape index (κ2) is 6.92. The highest BCUT2D eigenvalue weighted by atomic mass is 16.4. The van der Waals surface area contributed by atoms with E-state index in [1.54, 1.807) is 12.3 Å². The van der Waals surface area contributed by atoms with E-state index in [4.69, 9.17) is 0 Å². The number of pyridine rings is 1. The van der Waals surface area contributed by atoms with Gasteiger partial charge in [0, 0.05) is 18.8 Å². The molecular formula is C17H26N2O2. The van der Waals surface area contributed by atoms with E-state index in [-0.39, 0.29) is 0 Å². The van der Waals surface area contributed by atoms with Crippen LogP contribution in [0.25, 0.3) is 0 Å². The zero-order valence-corrected chi connectivity index (χ0v) is 13.3. The van der Waals surface area contributed by atoms with Crippen LogP contribution in [0.15, 0.2) is 12.3 Å². The van der Waals surface area contributed by atoms with Crippen LogP contribution in [0.5, 0.6) is 0 Å². The minimum absolute atomic E-state index is 0.369. The fourth-order valence-electron chi connectivity index (χ4n) is 3.10. The molecule has 2 rings (SSSR count). The van der Waals surface area contributed by atoms with Crippen LogP contribution < -0.4 is 4.90 Å². The summed E-state index contributed by atoms with van der Waals surface area (Å²) >= 11 is 0. The maximum absolute atomic E-state index is 11.6. The van der Waals surface area contributed by atoms with Crippen molar-refractivity contribution in [1.82, 2.24) is 4.98 Å². The maximum Gasteiger partial charge on any atom is 0.339 e. The van der Waals surface area contributed by atoms with E-state index >= 15 is 0 Å². The zero-order valence-electron chi connectivity index (χ0n) is 13.3. The predicted molar refractivity (Wildman–Crippen MR) is 85.0 cm³/mol. The average molecular weight is 290 g/mol. The van der Waals surface area contributed by atoms with E-state index in [2.05, 4.69) is 23.7 Å². The largest absolute Gasteiger partial charge is 0.478 e. The number of carboxylic acids is 1. The van der Waals surface area contributed by atoms with E-state index in [0.717, 1.165) is 31.4 Å². The van der Waals surface area contributed by atoms with Gasteiger partial charge in [0.15, 0.2) is 0 Å². The number of anilines is 1. The third kappa shape index (κ3) is 3.74. The summed E-state index contributed by atoms with van der Waals surface area (Å²) in [6, 6.07) is 2.22. The molecule has 0 aliphatic heterocycles. The van der Waals surface area contributed by atoms with Crippen LogP contribution in [0.2, 0.25) is 0 Å². The molecule has 116 valence electrons. The number of aryl methyl sites for hydroxylation is 1. The van der Waals surface area contributed by atoms with Crippen molar-refractivity contribution in [2.75, 3.05) is 11.4 Å². The van der Waals surface area contributed by atoms with E-state index in [1.165, 1.54) is 12.8 Å². The Morgan fingerprint density at radius 2 is 2.10 bits per heavy atom. The van der Waals surface area contributed by atoms with Crippen LogP contribution in [-0.4, -0.2) is 28.6 Å². The van der Waals surface area contributed by atoms with Crippen molar-refractivity contribution >= 4 is 11.8 Å². The molecule has 1 aromatic rings. The third-order valence-electron chi connectivity index (χ3n) is 4.34. The van der Waals surface area contributed by atoms with Gasteiger partial charge in [0.25, 0.3) is 0 Å². The van der Waals surface area contributed by atoms with Crippen molar-refractivity contribution in [3.63, 3.8) is 0 Å². The summed E-state index contributed by atoms with van der Waals surface area (Å²) in [5.74, 6) is 0.394. The number of carboxylic acid groups (broad SMARTS) is 1. The van der Waals surface area contributed by atoms with Gasteiger partial charge >= 0.3 is 5.97 Å². The van der Waals surface area contributed by atoms with Crippen LogP contribution in [0.1, 0.15) is 61.9 Å². The first-order chi connectivity index (χ1) is 10.0. The van der Waals surface area contributed by atoms with E-state index < -0.39 is 5.97 Å². The number of hydrogen-bond donors (Lipinski definition) is 1. The number of rotatable bonds is 6. The molecule has 4 nitrogen and oxygen atoms in total. The molecule has 0 unspecified atom stereocenters. The Bertz CT molecular complexity index is 494. The van der Waals surface area contributed by atoms with Gasteiger partial charge in [-0.3, -0.25) is 0 Å². The molecule has 0 spiro atoms. The highest BCUT2D eigenvalue weighted by Gasteiger charge is 2.27. The molecule has 0 bridgehead atoms. The molecule has 0 amide bonds. The lowest BCUT2D eigenvalue weighted by Crippen LogP contribution is -2.36. The van der Waals surface area contributed by atoms with Gasteiger partial charge in [-0.25, -0.2) is 9.78 Å². The highest BCUT2D eigenvalue weighted by Crippen LogP contribution is 2.30. The Morgan fingerprint density at radius 1 is 1.43 bits per heavy atom. The molecule has 0 saturated heterocycles. The Kier molecular flexibility index (Phi) is 5.21. The standard InChI is InChI=1S/C17H26N2O2/c1-12(2)9-11-19(14-6-4-5-7-14)16-15(17(20)21)13(3)8-10-18-16/h8,10,12,14H,4-7,9,11H2,1-3H3,(H,20,21). The molecule has 1 N–H and O–H groups in total. The first-order valence-electron chi connectivity index (χ1n) is 7.96. The summed E-state index contributed by atoms with van der Waals surface area (Å²) in [5, 5.41) is 9.55. The summed E-state index contributed by atoms with van der Waals surface area (Å²) < 4.78 is 0. The van der Waals surface area contributed by atoms with Gasteiger partial charge in [0.2, 0.25) is 0 Å². The molecule has 1 saturated carbocycles. The number of aromatic carboxylic acids is 1. The van der Waals surface area contributed by atoms with Crippen molar-refractivity contribution < 1.29 is 9.90 Å². The fraction of sp³-hybridized carbons (Fsp3) is 0.647. The lowest BCUT2D eigenvalue weighted by Gasteiger charge is -2.32. The van der Waals surface area contributed by atoms with Crippen molar-refractivity contribution in [1.29, 1.82) is 0 Å². The summed E-state index contributed by atoms with van der Waals surface area (Å²) in [4.78, 5) is 18.3. The zero-order chi connectivity index (χ0) is 15.4. The molecule has 0 radical (unpaired) electrons. The third-order valence-corrected chi connectivity index (χ3v) is 4.34. The molecule has 21 heavy (non-hydrogen) atoms. The molecule has 0 atom stereocenters. The second-order valence-electron chi connectivity index (χ2n) is 6.45. The molecule has 1 aromatic heterocycles. The van der Waals surface area contributed by atoms with Gasteiger partial charge in [-0.1, -0.05) is 26.7 Å². The maximum atomic E-state index is 11.6. The van der Waals surface area contributed by atoms with Crippen LogP contribution in [0, 0.1) is 12.8 Å². The molecule has 1 aliphatic carbocycles. The van der Waals surface area contributed by atoms with Crippen molar-refractivity contribution in [2.24, 2.45) is 5.92 Å². The molecule has 1 fully saturated rings. The van der Waals surface area contributed by atoms with E-state index in [9.17, 15) is 9.90 Å². The normalized spacial score (nSPS) is 15.6. The first kappa shape index (κ1) is 15.8. The summed E-state index contributed by atoms with van der Waals surface area (Å²) in [7, 11) is 0. The Labute approximate surface area is 127 Å². The topological polar surface area (TPSA) is 53.4 Å².